The fraction of sp³-hybridized carbons (Fsp3) is 0.550. The summed E-state index contributed by atoms with van der Waals surface area (Å²) in [7, 11) is 1.68. The number of methoxy groups -OCH3 is 1. The van der Waals surface area contributed by atoms with Gasteiger partial charge in [0.2, 0.25) is 5.89 Å². The normalized spacial score (nSPS) is 18.3. The predicted molar refractivity (Wildman–Crippen MR) is 99.4 cm³/mol. The van der Waals surface area contributed by atoms with Crippen LogP contribution in [0.25, 0.3) is 11.5 Å². The van der Waals surface area contributed by atoms with E-state index >= 15 is 0 Å². The van der Waals surface area contributed by atoms with Crippen molar-refractivity contribution in [2.75, 3.05) is 33.4 Å². The molecule has 0 amide bonds. The Balaban J connectivity index is 1.78. The lowest BCUT2D eigenvalue weighted by Crippen LogP contribution is -2.42. The number of oxazole rings is 1. The van der Waals surface area contributed by atoms with Crippen LogP contribution in [0.4, 0.5) is 0 Å². The maximum Gasteiger partial charge on any atom is 0.226 e. The minimum Gasteiger partial charge on any atom is -0.496 e. The Kier molecular flexibility index (Phi) is 5.96. The van der Waals surface area contributed by atoms with Gasteiger partial charge in [0.25, 0.3) is 0 Å². The lowest BCUT2D eigenvalue weighted by Gasteiger charge is -2.32. The number of morpholine rings is 1. The van der Waals surface area contributed by atoms with Crippen molar-refractivity contribution in [3.05, 3.63) is 34.7 Å². The van der Waals surface area contributed by atoms with Crippen LogP contribution in [0.3, 0.4) is 0 Å². The number of hydrogen-bond donors (Lipinski definition) is 1. The molecule has 1 aromatic heterocycles. The van der Waals surface area contributed by atoms with Gasteiger partial charge in [-0.25, -0.2) is 4.98 Å². The number of aliphatic hydroxyl groups is 1. The van der Waals surface area contributed by atoms with Gasteiger partial charge in [-0.05, 0) is 50.5 Å². The number of nitrogens with zero attached hydrogens (tertiary/aromatic N) is 2. The standard InChI is InChI=1S/C20H28N2O4/c1-13-14(2)19(24-4)6-5-17(13)20-21-18(15(3)26-20)12-22-8-10-25-16(11-22)7-9-23/h5-6,16,23H,7-12H2,1-4H3. The third-order valence-corrected chi connectivity index (χ3v) is 5.13. The molecule has 142 valence electrons. The van der Waals surface area contributed by atoms with E-state index in [2.05, 4.69) is 11.8 Å². The average Bonchev–Trinajstić information content (AvgIpc) is 2.98. The molecule has 6 nitrogen and oxygen atoms in total. The van der Waals surface area contributed by atoms with Crippen LogP contribution in [0.15, 0.2) is 16.5 Å². The Morgan fingerprint density at radius 1 is 1.27 bits per heavy atom. The van der Waals surface area contributed by atoms with E-state index in [-0.39, 0.29) is 12.7 Å². The maximum atomic E-state index is 9.12. The summed E-state index contributed by atoms with van der Waals surface area (Å²) < 4.78 is 17.0. The SMILES string of the molecule is COc1ccc(-c2nc(CN3CCOC(CCO)C3)c(C)o2)c(C)c1C. The summed E-state index contributed by atoms with van der Waals surface area (Å²) in [6.45, 7) is 9.31. The van der Waals surface area contributed by atoms with Gasteiger partial charge in [-0.15, -0.1) is 0 Å². The van der Waals surface area contributed by atoms with Gasteiger partial charge in [0.05, 0.1) is 25.5 Å². The fourth-order valence-electron chi connectivity index (χ4n) is 3.39. The van der Waals surface area contributed by atoms with Crippen molar-refractivity contribution < 1.29 is 19.0 Å². The first-order valence-corrected chi connectivity index (χ1v) is 9.09. The number of aromatic nitrogens is 1. The van der Waals surface area contributed by atoms with Gasteiger partial charge in [-0.2, -0.15) is 0 Å². The van der Waals surface area contributed by atoms with Crippen molar-refractivity contribution in [2.24, 2.45) is 0 Å². The molecule has 2 aromatic rings. The third-order valence-electron chi connectivity index (χ3n) is 5.13. The average molecular weight is 360 g/mol. The van der Waals surface area contributed by atoms with E-state index in [9.17, 15) is 0 Å². The lowest BCUT2D eigenvalue weighted by molar-refractivity contribution is -0.0411. The molecule has 1 atom stereocenters. The highest BCUT2D eigenvalue weighted by atomic mass is 16.5. The van der Waals surface area contributed by atoms with Gasteiger partial charge >= 0.3 is 0 Å². The van der Waals surface area contributed by atoms with Gasteiger partial charge in [0, 0.05) is 31.8 Å². The van der Waals surface area contributed by atoms with Gasteiger partial charge in [0.1, 0.15) is 11.5 Å². The molecule has 0 spiro atoms. The highest BCUT2D eigenvalue weighted by molar-refractivity contribution is 5.63. The summed E-state index contributed by atoms with van der Waals surface area (Å²) in [5, 5.41) is 9.12. The zero-order valence-corrected chi connectivity index (χ0v) is 16.0. The Morgan fingerprint density at radius 3 is 2.81 bits per heavy atom. The molecule has 1 fully saturated rings. The second kappa shape index (κ2) is 8.20. The van der Waals surface area contributed by atoms with E-state index in [0.29, 0.717) is 18.9 Å². The minimum atomic E-state index is 0.0897. The fourth-order valence-corrected chi connectivity index (χ4v) is 3.39. The summed E-state index contributed by atoms with van der Waals surface area (Å²) in [4.78, 5) is 7.07. The zero-order valence-electron chi connectivity index (χ0n) is 16.0. The second-order valence-electron chi connectivity index (χ2n) is 6.83. The predicted octanol–water partition coefficient (Wildman–Crippen LogP) is 2.86. The van der Waals surface area contributed by atoms with Gasteiger partial charge in [0.15, 0.2) is 0 Å². The Bertz CT molecular complexity index is 755. The molecule has 6 heteroatoms. The van der Waals surface area contributed by atoms with Crippen molar-refractivity contribution in [1.29, 1.82) is 0 Å². The van der Waals surface area contributed by atoms with Crippen molar-refractivity contribution in [2.45, 2.75) is 39.8 Å². The van der Waals surface area contributed by atoms with E-state index < -0.39 is 0 Å². The van der Waals surface area contributed by atoms with E-state index in [1.165, 1.54) is 0 Å². The molecule has 1 aliphatic rings. The summed E-state index contributed by atoms with van der Waals surface area (Å²) in [5.41, 5.74) is 4.17. The van der Waals surface area contributed by atoms with Crippen LogP contribution in [0.5, 0.6) is 5.75 Å². The third kappa shape index (κ3) is 3.92. The van der Waals surface area contributed by atoms with Crippen LogP contribution < -0.4 is 4.74 Å². The molecule has 2 heterocycles. The molecule has 1 saturated heterocycles. The number of ether oxygens (including phenoxy) is 2. The number of hydrogen-bond acceptors (Lipinski definition) is 6. The molecule has 1 aliphatic heterocycles. The van der Waals surface area contributed by atoms with Crippen LogP contribution >= 0.6 is 0 Å². The molecule has 1 N–H and O–H groups in total. The highest BCUT2D eigenvalue weighted by Gasteiger charge is 2.23. The van der Waals surface area contributed by atoms with Crippen molar-refractivity contribution in [1.82, 2.24) is 9.88 Å². The topological polar surface area (TPSA) is 68.0 Å². The summed E-state index contributed by atoms with van der Waals surface area (Å²) in [5.74, 6) is 2.37. The van der Waals surface area contributed by atoms with Gasteiger partial charge in [-0.1, -0.05) is 0 Å². The Labute approximate surface area is 154 Å². The highest BCUT2D eigenvalue weighted by Crippen LogP contribution is 2.31. The molecular formula is C20H28N2O4. The molecule has 1 aromatic carbocycles. The Hall–Kier alpha value is -1.89. The summed E-state index contributed by atoms with van der Waals surface area (Å²) in [6.07, 6.45) is 0.760. The molecule has 1 unspecified atom stereocenters. The largest absolute Gasteiger partial charge is 0.496 e. The quantitative estimate of drug-likeness (QED) is 0.854. The van der Waals surface area contributed by atoms with Crippen molar-refractivity contribution in [3.63, 3.8) is 0 Å². The zero-order chi connectivity index (χ0) is 18.7. The second-order valence-corrected chi connectivity index (χ2v) is 6.83. The monoisotopic (exact) mass is 360 g/mol. The van der Waals surface area contributed by atoms with E-state index in [1.54, 1.807) is 7.11 Å². The molecular weight excluding hydrogens is 332 g/mol. The lowest BCUT2D eigenvalue weighted by atomic mass is 10.0. The van der Waals surface area contributed by atoms with Crippen LogP contribution in [0, 0.1) is 20.8 Å². The van der Waals surface area contributed by atoms with E-state index in [1.807, 2.05) is 26.0 Å². The first kappa shape index (κ1) is 18.9. The number of aryl methyl sites for hydroxylation is 1. The number of rotatable bonds is 6. The van der Waals surface area contributed by atoms with Gasteiger partial charge in [-0.3, -0.25) is 4.90 Å². The summed E-state index contributed by atoms with van der Waals surface area (Å²) >= 11 is 0. The molecule has 0 radical (unpaired) electrons. The van der Waals surface area contributed by atoms with E-state index in [0.717, 1.165) is 53.5 Å². The van der Waals surface area contributed by atoms with Crippen LogP contribution in [-0.4, -0.2) is 54.5 Å². The maximum absolute atomic E-state index is 9.12. The van der Waals surface area contributed by atoms with Crippen molar-refractivity contribution >= 4 is 0 Å². The Morgan fingerprint density at radius 2 is 2.08 bits per heavy atom. The number of benzene rings is 1. The molecule has 0 bridgehead atoms. The minimum absolute atomic E-state index is 0.0897. The molecule has 26 heavy (non-hydrogen) atoms. The summed E-state index contributed by atoms with van der Waals surface area (Å²) in [6, 6.07) is 3.96. The number of aliphatic hydroxyl groups excluding tert-OH is 1. The smallest absolute Gasteiger partial charge is 0.226 e. The molecule has 0 aliphatic carbocycles. The van der Waals surface area contributed by atoms with Crippen LogP contribution in [-0.2, 0) is 11.3 Å². The molecule has 3 rings (SSSR count). The van der Waals surface area contributed by atoms with E-state index in [4.69, 9.17) is 24.0 Å². The van der Waals surface area contributed by atoms with Crippen molar-refractivity contribution in [3.8, 4) is 17.2 Å². The van der Waals surface area contributed by atoms with Gasteiger partial charge < -0.3 is 19.0 Å². The first-order chi connectivity index (χ1) is 12.5. The van der Waals surface area contributed by atoms with Crippen LogP contribution in [0.1, 0.15) is 29.0 Å². The van der Waals surface area contributed by atoms with Crippen LogP contribution in [0.2, 0.25) is 0 Å². The first-order valence-electron chi connectivity index (χ1n) is 9.09. The molecule has 0 saturated carbocycles.